The standard InChI is InChI=1S/C11H12ClN3O5S/c1-11(2,5-8(16)17)15-21(18,19)7-4-3-6(12)9-10(7)14-20-13-9/h3-4,15H,5H2,1-2H3,(H,16,17). The Morgan fingerprint density at radius 3 is 2.62 bits per heavy atom. The van der Waals surface area contributed by atoms with Crippen molar-refractivity contribution in [3.05, 3.63) is 17.2 Å². The van der Waals surface area contributed by atoms with Crippen LogP contribution in [0.3, 0.4) is 0 Å². The van der Waals surface area contributed by atoms with Gasteiger partial charge in [0.2, 0.25) is 10.0 Å². The topological polar surface area (TPSA) is 122 Å². The first-order chi connectivity index (χ1) is 9.62. The van der Waals surface area contributed by atoms with Crippen LogP contribution in [0.1, 0.15) is 20.3 Å². The summed E-state index contributed by atoms with van der Waals surface area (Å²) >= 11 is 5.87. The van der Waals surface area contributed by atoms with Gasteiger partial charge in [-0.3, -0.25) is 4.79 Å². The Kier molecular flexibility index (Phi) is 3.91. The number of carbonyl (C=O) groups is 1. The lowest BCUT2D eigenvalue weighted by atomic mass is 10.0. The lowest BCUT2D eigenvalue weighted by molar-refractivity contribution is -0.138. The number of aliphatic carboxylic acids is 1. The molecule has 0 atom stereocenters. The van der Waals surface area contributed by atoms with E-state index in [4.69, 9.17) is 16.7 Å². The van der Waals surface area contributed by atoms with Crippen molar-refractivity contribution in [3.63, 3.8) is 0 Å². The van der Waals surface area contributed by atoms with Crippen LogP contribution in [0.5, 0.6) is 0 Å². The van der Waals surface area contributed by atoms with Crippen molar-refractivity contribution in [1.82, 2.24) is 15.0 Å². The van der Waals surface area contributed by atoms with E-state index in [1.54, 1.807) is 0 Å². The average molecular weight is 334 g/mol. The molecule has 0 spiro atoms. The van der Waals surface area contributed by atoms with Gasteiger partial charge in [-0.05, 0) is 36.3 Å². The molecule has 0 amide bonds. The molecule has 0 aliphatic carbocycles. The van der Waals surface area contributed by atoms with Crippen molar-refractivity contribution >= 4 is 38.6 Å². The zero-order chi connectivity index (χ0) is 15.8. The van der Waals surface area contributed by atoms with Gasteiger partial charge in [0.25, 0.3) is 0 Å². The zero-order valence-corrected chi connectivity index (χ0v) is 12.7. The molecule has 2 N–H and O–H groups in total. The van der Waals surface area contributed by atoms with E-state index in [2.05, 4.69) is 19.7 Å². The molecule has 0 saturated heterocycles. The van der Waals surface area contributed by atoms with Crippen LogP contribution in [0.25, 0.3) is 11.0 Å². The molecule has 1 heterocycles. The number of halogens is 1. The number of carboxylic acid groups (broad SMARTS) is 1. The number of hydrogen-bond donors (Lipinski definition) is 2. The monoisotopic (exact) mass is 333 g/mol. The molecule has 1 aromatic heterocycles. The fourth-order valence-electron chi connectivity index (χ4n) is 1.86. The van der Waals surface area contributed by atoms with Gasteiger partial charge in [-0.15, -0.1) is 0 Å². The Balaban J connectivity index is 2.46. The summed E-state index contributed by atoms with van der Waals surface area (Å²) in [6.45, 7) is 2.93. The summed E-state index contributed by atoms with van der Waals surface area (Å²) < 4.78 is 31.6. The third kappa shape index (κ3) is 3.31. The number of nitrogens with one attached hydrogen (secondary N) is 1. The second kappa shape index (κ2) is 5.24. The van der Waals surface area contributed by atoms with E-state index >= 15 is 0 Å². The minimum atomic E-state index is -4.01. The highest BCUT2D eigenvalue weighted by atomic mass is 35.5. The van der Waals surface area contributed by atoms with Crippen molar-refractivity contribution in [3.8, 4) is 0 Å². The summed E-state index contributed by atoms with van der Waals surface area (Å²) in [5.41, 5.74) is -1.06. The first kappa shape index (κ1) is 15.7. The molecular formula is C11H12ClN3O5S. The lowest BCUT2D eigenvalue weighted by Gasteiger charge is -2.23. The summed E-state index contributed by atoms with van der Waals surface area (Å²) in [7, 11) is -4.01. The predicted molar refractivity (Wildman–Crippen MR) is 73.5 cm³/mol. The maximum absolute atomic E-state index is 12.4. The Morgan fingerprint density at radius 2 is 2.00 bits per heavy atom. The van der Waals surface area contributed by atoms with E-state index in [9.17, 15) is 13.2 Å². The molecule has 0 radical (unpaired) electrons. The Hall–Kier alpha value is -1.71. The third-order valence-electron chi connectivity index (χ3n) is 2.62. The molecule has 0 unspecified atom stereocenters. The number of fused-ring (bicyclic) bond motifs is 1. The maximum atomic E-state index is 12.4. The summed E-state index contributed by atoms with van der Waals surface area (Å²) in [6, 6.07) is 2.61. The van der Waals surface area contributed by atoms with Gasteiger partial charge in [-0.2, -0.15) is 0 Å². The van der Waals surface area contributed by atoms with E-state index in [0.717, 1.165) is 0 Å². The largest absolute Gasteiger partial charge is 0.481 e. The normalized spacial score (nSPS) is 12.7. The van der Waals surface area contributed by atoms with Gasteiger partial charge in [-0.25, -0.2) is 17.8 Å². The summed E-state index contributed by atoms with van der Waals surface area (Å²) in [5.74, 6) is -1.12. The second-order valence-electron chi connectivity index (χ2n) is 5.07. The molecule has 0 saturated carbocycles. The molecule has 0 aliphatic rings. The van der Waals surface area contributed by atoms with Crippen molar-refractivity contribution < 1.29 is 22.9 Å². The Morgan fingerprint density at radius 1 is 1.38 bits per heavy atom. The number of nitrogens with zero attached hydrogens (tertiary/aromatic N) is 2. The minimum Gasteiger partial charge on any atom is -0.481 e. The van der Waals surface area contributed by atoms with Crippen LogP contribution < -0.4 is 4.72 Å². The van der Waals surface area contributed by atoms with Gasteiger partial charge in [0, 0.05) is 5.54 Å². The van der Waals surface area contributed by atoms with Crippen LogP contribution in [0.2, 0.25) is 5.02 Å². The van der Waals surface area contributed by atoms with Gasteiger partial charge >= 0.3 is 5.97 Å². The second-order valence-corrected chi connectivity index (χ2v) is 7.12. The number of aromatic nitrogens is 2. The van der Waals surface area contributed by atoms with Crippen LogP contribution >= 0.6 is 11.6 Å². The average Bonchev–Trinajstić information content (AvgIpc) is 2.74. The van der Waals surface area contributed by atoms with Crippen LogP contribution in [0.15, 0.2) is 21.7 Å². The third-order valence-corrected chi connectivity index (χ3v) is 4.66. The van der Waals surface area contributed by atoms with E-state index < -0.39 is 21.5 Å². The minimum absolute atomic E-state index is 0.0128. The molecule has 1 aromatic carbocycles. The van der Waals surface area contributed by atoms with Crippen LogP contribution in [-0.2, 0) is 14.8 Å². The number of benzene rings is 1. The van der Waals surface area contributed by atoms with Crippen LogP contribution in [0.4, 0.5) is 0 Å². The molecule has 114 valence electrons. The van der Waals surface area contributed by atoms with Crippen molar-refractivity contribution in [2.45, 2.75) is 30.7 Å². The number of carboxylic acids is 1. The van der Waals surface area contributed by atoms with E-state index in [-0.39, 0.29) is 27.4 Å². The highest BCUT2D eigenvalue weighted by molar-refractivity contribution is 7.89. The zero-order valence-electron chi connectivity index (χ0n) is 11.1. The van der Waals surface area contributed by atoms with E-state index in [1.165, 1.54) is 26.0 Å². The SMILES string of the molecule is CC(C)(CC(=O)O)NS(=O)(=O)c1ccc(Cl)c2nonc12. The maximum Gasteiger partial charge on any atom is 0.305 e. The fourth-order valence-corrected chi connectivity index (χ4v) is 3.60. The number of rotatable bonds is 5. The molecule has 0 aliphatic heterocycles. The quantitative estimate of drug-likeness (QED) is 0.847. The van der Waals surface area contributed by atoms with Gasteiger partial charge in [0.15, 0.2) is 11.0 Å². The summed E-state index contributed by atoms with van der Waals surface area (Å²) in [6.07, 6.45) is -0.375. The molecule has 10 heteroatoms. The lowest BCUT2D eigenvalue weighted by Crippen LogP contribution is -2.44. The highest BCUT2D eigenvalue weighted by Crippen LogP contribution is 2.27. The summed E-state index contributed by atoms with van der Waals surface area (Å²) in [4.78, 5) is 10.6. The van der Waals surface area contributed by atoms with Crippen LogP contribution in [0, 0.1) is 0 Å². The van der Waals surface area contributed by atoms with E-state index in [0.29, 0.717) is 0 Å². The molecule has 0 fully saturated rings. The highest BCUT2D eigenvalue weighted by Gasteiger charge is 2.31. The molecule has 21 heavy (non-hydrogen) atoms. The van der Waals surface area contributed by atoms with Crippen molar-refractivity contribution in [2.24, 2.45) is 0 Å². The molecule has 8 nitrogen and oxygen atoms in total. The molecular weight excluding hydrogens is 322 g/mol. The molecule has 2 aromatic rings. The number of sulfonamides is 1. The van der Waals surface area contributed by atoms with Crippen molar-refractivity contribution in [1.29, 1.82) is 0 Å². The first-order valence-electron chi connectivity index (χ1n) is 5.79. The Bertz CT molecular complexity index is 799. The van der Waals surface area contributed by atoms with Crippen LogP contribution in [-0.4, -0.2) is 35.3 Å². The smallest absolute Gasteiger partial charge is 0.305 e. The van der Waals surface area contributed by atoms with Gasteiger partial charge in [0.1, 0.15) is 4.90 Å². The first-order valence-corrected chi connectivity index (χ1v) is 7.65. The summed E-state index contributed by atoms with van der Waals surface area (Å²) in [5, 5.41) is 16.1. The number of hydrogen-bond acceptors (Lipinski definition) is 6. The molecule has 2 rings (SSSR count). The van der Waals surface area contributed by atoms with Gasteiger partial charge in [0.05, 0.1) is 11.4 Å². The molecule has 0 bridgehead atoms. The predicted octanol–water partition coefficient (Wildman–Crippen LogP) is 1.41. The Labute approximate surface area is 125 Å². The fraction of sp³-hybridized carbons (Fsp3) is 0.364. The van der Waals surface area contributed by atoms with Gasteiger partial charge in [-0.1, -0.05) is 11.6 Å². The van der Waals surface area contributed by atoms with Crippen molar-refractivity contribution in [2.75, 3.05) is 0 Å². The van der Waals surface area contributed by atoms with E-state index in [1.807, 2.05) is 0 Å². The van der Waals surface area contributed by atoms with Gasteiger partial charge < -0.3 is 5.11 Å².